The van der Waals surface area contributed by atoms with E-state index in [1.54, 1.807) is 24.1 Å². The monoisotopic (exact) mass is 415 g/mol. The minimum Gasteiger partial charge on any atom is -0.494 e. The Morgan fingerprint density at radius 1 is 1.20 bits per heavy atom. The first-order chi connectivity index (χ1) is 14.5. The summed E-state index contributed by atoms with van der Waals surface area (Å²) >= 11 is 0. The highest BCUT2D eigenvalue weighted by Gasteiger charge is 2.36. The zero-order valence-electron chi connectivity index (χ0n) is 15.8. The van der Waals surface area contributed by atoms with E-state index in [0.29, 0.717) is 24.4 Å². The SMILES string of the molecule is COc1cccn2nc([C@@H]3c4nc[nH]c4CCN3c3ncc(C(F)(F)F)cn3)cc12. The second-order valence-corrected chi connectivity index (χ2v) is 6.86. The number of halogens is 3. The Morgan fingerprint density at radius 2 is 2.00 bits per heavy atom. The van der Waals surface area contributed by atoms with Gasteiger partial charge in [0, 0.05) is 37.3 Å². The molecule has 1 aliphatic rings. The molecule has 0 spiro atoms. The van der Waals surface area contributed by atoms with Gasteiger partial charge in [0.25, 0.3) is 0 Å². The highest BCUT2D eigenvalue weighted by atomic mass is 19.4. The van der Waals surface area contributed by atoms with Gasteiger partial charge in [0.1, 0.15) is 17.3 Å². The summed E-state index contributed by atoms with van der Waals surface area (Å²) in [6, 6.07) is 5.07. The van der Waals surface area contributed by atoms with Gasteiger partial charge in [-0.1, -0.05) is 0 Å². The standard InChI is InChI=1S/C19H16F3N7O/c1-30-15-3-2-5-29-14(15)7-13(27-29)17-16-12(25-10-26-16)4-6-28(17)18-23-8-11(9-24-18)19(20,21)22/h2-3,5,7-10,17H,4,6H2,1H3,(H,25,26)/t17-/m1/s1. The number of alkyl halides is 3. The Balaban J connectivity index is 1.61. The van der Waals surface area contributed by atoms with Crippen molar-refractivity contribution in [1.82, 2.24) is 29.5 Å². The van der Waals surface area contributed by atoms with Gasteiger partial charge in [0.2, 0.25) is 5.95 Å². The fourth-order valence-corrected chi connectivity index (χ4v) is 3.72. The van der Waals surface area contributed by atoms with Crippen LogP contribution in [0.5, 0.6) is 5.75 Å². The molecule has 8 nitrogen and oxygen atoms in total. The Kier molecular flexibility index (Phi) is 4.12. The van der Waals surface area contributed by atoms with Crippen molar-refractivity contribution in [2.75, 3.05) is 18.6 Å². The van der Waals surface area contributed by atoms with Crippen LogP contribution in [0, 0.1) is 0 Å². The third kappa shape index (κ3) is 2.93. The van der Waals surface area contributed by atoms with E-state index in [9.17, 15) is 13.2 Å². The molecule has 0 saturated heterocycles. The van der Waals surface area contributed by atoms with Gasteiger partial charge in [-0.15, -0.1) is 0 Å². The van der Waals surface area contributed by atoms with E-state index in [0.717, 1.165) is 29.3 Å². The molecule has 0 saturated carbocycles. The molecule has 0 radical (unpaired) electrons. The van der Waals surface area contributed by atoms with Crippen molar-refractivity contribution < 1.29 is 17.9 Å². The molecule has 0 bridgehead atoms. The van der Waals surface area contributed by atoms with Gasteiger partial charge in [-0.05, 0) is 18.2 Å². The van der Waals surface area contributed by atoms with Crippen molar-refractivity contribution >= 4 is 11.5 Å². The zero-order valence-corrected chi connectivity index (χ0v) is 15.8. The summed E-state index contributed by atoms with van der Waals surface area (Å²) in [6.07, 6.45) is 1.14. The number of nitrogens with one attached hydrogen (secondary N) is 1. The summed E-state index contributed by atoms with van der Waals surface area (Å²) in [5.74, 6) is 0.845. The van der Waals surface area contributed by atoms with Crippen LogP contribution in [0.3, 0.4) is 0 Å². The van der Waals surface area contributed by atoms with E-state index in [4.69, 9.17) is 4.74 Å². The van der Waals surface area contributed by atoms with E-state index in [2.05, 4.69) is 25.0 Å². The number of anilines is 1. The second-order valence-electron chi connectivity index (χ2n) is 6.86. The highest BCUT2D eigenvalue weighted by molar-refractivity contribution is 5.61. The smallest absolute Gasteiger partial charge is 0.419 e. The predicted molar refractivity (Wildman–Crippen MR) is 100 cm³/mol. The minimum atomic E-state index is -4.49. The Bertz CT molecular complexity index is 1200. The zero-order chi connectivity index (χ0) is 20.9. The van der Waals surface area contributed by atoms with Crippen molar-refractivity contribution in [3.8, 4) is 5.75 Å². The van der Waals surface area contributed by atoms with E-state index in [1.165, 1.54) is 0 Å². The molecule has 1 aliphatic heterocycles. The number of methoxy groups -OCH3 is 1. The molecule has 0 fully saturated rings. The number of pyridine rings is 1. The number of ether oxygens (including phenoxy) is 1. The predicted octanol–water partition coefficient (Wildman–Crippen LogP) is 3.03. The molecule has 1 atom stereocenters. The third-order valence-electron chi connectivity index (χ3n) is 5.13. The topological polar surface area (TPSA) is 84.2 Å². The number of hydrogen-bond acceptors (Lipinski definition) is 6. The maximum atomic E-state index is 12.9. The number of imidazole rings is 1. The molecule has 154 valence electrons. The molecule has 5 heterocycles. The third-order valence-corrected chi connectivity index (χ3v) is 5.13. The molecule has 11 heteroatoms. The van der Waals surface area contributed by atoms with Crippen LogP contribution in [0.4, 0.5) is 19.1 Å². The largest absolute Gasteiger partial charge is 0.494 e. The fourth-order valence-electron chi connectivity index (χ4n) is 3.72. The van der Waals surface area contributed by atoms with Gasteiger partial charge in [0.05, 0.1) is 30.4 Å². The van der Waals surface area contributed by atoms with Crippen molar-refractivity contribution in [1.29, 1.82) is 0 Å². The van der Waals surface area contributed by atoms with Crippen molar-refractivity contribution in [3.63, 3.8) is 0 Å². The van der Waals surface area contributed by atoms with E-state index in [-0.39, 0.29) is 5.95 Å². The number of hydrogen-bond donors (Lipinski definition) is 1. The lowest BCUT2D eigenvalue weighted by molar-refractivity contribution is -0.138. The molecule has 0 aromatic carbocycles. The number of rotatable bonds is 3. The maximum absolute atomic E-state index is 12.9. The number of aromatic amines is 1. The summed E-state index contributed by atoms with van der Waals surface area (Å²) in [5, 5.41) is 4.66. The number of fused-ring (bicyclic) bond motifs is 2. The summed E-state index contributed by atoms with van der Waals surface area (Å²) < 4.78 is 45.9. The van der Waals surface area contributed by atoms with Crippen LogP contribution in [0.1, 0.15) is 28.7 Å². The van der Waals surface area contributed by atoms with Gasteiger partial charge in [-0.2, -0.15) is 18.3 Å². The lowest BCUT2D eigenvalue weighted by Crippen LogP contribution is -2.37. The average Bonchev–Trinajstić information content (AvgIpc) is 3.39. The lowest BCUT2D eigenvalue weighted by atomic mass is 10.00. The molecule has 1 N–H and O–H groups in total. The van der Waals surface area contributed by atoms with Gasteiger partial charge < -0.3 is 14.6 Å². The number of aromatic nitrogens is 6. The van der Waals surface area contributed by atoms with E-state index < -0.39 is 17.8 Å². The van der Waals surface area contributed by atoms with Crippen molar-refractivity contribution in [2.45, 2.75) is 18.6 Å². The van der Waals surface area contributed by atoms with Gasteiger partial charge in [0.15, 0.2) is 0 Å². The lowest BCUT2D eigenvalue weighted by Gasteiger charge is -2.33. The minimum absolute atomic E-state index is 0.186. The molecule has 0 unspecified atom stereocenters. The van der Waals surface area contributed by atoms with Crippen molar-refractivity contribution in [2.24, 2.45) is 0 Å². The molecule has 0 aliphatic carbocycles. The quantitative estimate of drug-likeness (QED) is 0.554. The Morgan fingerprint density at radius 3 is 2.73 bits per heavy atom. The summed E-state index contributed by atoms with van der Waals surface area (Å²) in [4.78, 5) is 17.4. The van der Waals surface area contributed by atoms with Gasteiger partial charge >= 0.3 is 6.18 Å². The molecule has 5 rings (SSSR count). The van der Waals surface area contributed by atoms with Crippen LogP contribution in [0.15, 0.2) is 43.1 Å². The van der Waals surface area contributed by atoms with E-state index >= 15 is 0 Å². The summed E-state index contributed by atoms with van der Waals surface area (Å²) in [7, 11) is 1.58. The first-order valence-corrected chi connectivity index (χ1v) is 9.16. The van der Waals surface area contributed by atoms with Crippen LogP contribution >= 0.6 is 0 Å². The first-order valence-electron chi connectivity index (χ1n) is 9.16. The highest BCUT2D eigenvalue weighted by Crippen LogP contribution is 2.37. The van der Waals surface area contributed by atoms with Crippen LogP contribution in [0.25, 0.3) is 5.52 Å². The van der Waals surface area contributed by atoms with Crippen LogP contribution < -0.4 is 9.64 Å². The fraction of sp³-hybridized carbons (Fsp3) is 0.263. The Hall–Kier alpha value is -3.63. The van der Waals surface area contributed by atoms with E-state index in [1.807, 2.05) is 23.1 Å². The Labute approximate surface area is 168 Å². The first kappa shape index (κ1) is 18.4. The number of nitrogens with zero attached hydrogens (tertiary/aromatic N) is 6. The maximum Gasteiger partial charge on any atom is 0.419 e. The summed E-state index contributed by atoms with van der Waals surface area (Å²) in [6.45, 7) is 0.496. The molecular formula is C19H16F3N7O. The molecule has 4 aromatic rings. The molecule has 4 aromatic heterocycles. The average molecular weight is 415 g/mol. The number of H-pyrrole nitrogens is 1. The van der Waals surface area contributed by atoms with Gasteiger partial charge in [-0.25, -0.2) is 19.5 Å². The second kappa shape index (κ2) is 6.71. The van der Waals surface area contributed by atoms with Crippen LogP contribution in [-0.4, -0.2) is 43.2 Å². The molecule has 0 amide bonds. The molecular weight excluding hydrogens is 399 g/mol. The van der Waals surface area contributed by atoms with Gasteiger partial charge in [-0.3, -0.25) is 0 Å². The molecule has 30 heavy (non-hydrogen) atoms. The van der Waals surface area contributed by atoms with Crippen LogP contribution in [0.2, 0.25) is 0 Å². The normalized spacial score (nSPS) is 16.7. The van der Waals surface area contributed by atoms with Crippen LogP contribution in [-0.2, 0) is 12.6 Å². The summed E-state index contributed by atoms with van der Waals surface area (Å²) in [5.41, 5.74) is 2.24. The van der Waals surface area contributed by atoms with Crippen molar-refractivity contribution in [3.05, 3.63) is 65.8 Å².